The minimum Gasteiger partial charge on any atom is -0.480 e. The van der Waals surface area contributed by atoms with E-state index < -0.39 is 12.0 Å². The number of carbonyl (C=O) groups is 1. The highest BCUT2D eigenvalue weighted by molar-refractivity contribution is 5.73. The molecule has 0 saturated heterocycles. The van der Waals surface area contributed by atoms with Gasteiger partial charge in [-0.15, -0.1) is 0 Å². The summed E-state index contributed by atoms with van der Waals surface area (Å²) in [4.78, 5) is 10.1. The van der Waals surface area contributed by atoms with Crippen LogP contribution in [0.5, 0.6) is 0 Å². The van der Waals surface area contributed by atoms with Gasteiger partial charge in [-0.2, -0.15) is 0 Å². The number of hydrogen-bond donors (Lipinski definition) is 3. The van der Waals surface area contributed by atoms with Gasteiger partial charge in [0, 0.05) is 6.21 Å². The van der Waals surface area contributed by atoms with Crippen molar-refractivity contribution in [1.82, 2.24) is 5.32 Å². The molecule has 0 aromatic carbocycles. The number of allylic oxidation sites excluding steroid dienone is 1. The highest BCUT2D eigenvalue weighted by Crippen LogP contribution is 1.79. The van der Waals surface area contributed by atoms with Gasteiger partial charge in [-0.3, -0.25) is 4.79 Å². The van der Waals surface area contributed by atoms with E-state index in [0.717, 1.165) is 6.21 Å². The smallest absolute Gasteiger partial charge is 0.325 e. The number of nitrogens with one attached hydrogen (secondary N) is 2. The minimum atomic E-state index is -0.908. The largest absolute Gasteiger partial charge is 0.480 e. The predicted molar refractivity (Wildman–Crippen MR) is 38.2 cm³/mol. The lowest BCUT2D eigenvalue weighted by molar-refractivity contribution is -0.138. The van der Waals surface area contributed by atoms with Crippen molar-refractivity contribution in [2.24, 2.45) is 0 Å². The fourth-order valence-electron chi connectivity index (χ4n) is 0.319. The number of carboxylic acid groups (broad SMARTS) is 1. The van der Waals surface area contributed by atoms with Gasteiger partial charge in [0.2, 0.25) is 0 Å². The first-order valence-corrected chi connectivity index (χ1v) is 2.83. The Balaban J connectivity index is 3.58. The predicted octanol–water partition coefficient (Wildman–Crippen LogP) is 0.212. The van der Waals surface area contributed by atoms with Crippen LogP contribution in [0.3, 0.4) is 0 Å². The third-order valence-corrected chi connectivity index (χ3v) is 0.909. The molecule has 0 amide bonds. The quantitative estimate of drug-likeness (QED) is 0.491. The first kappa shape index (κ1) is 8.68. The zero-order valence-corrected chi connectivity index (χ0v) is 5.66. The summed E-state index contributed by atoms with van der Waals surface area (Å²) in [5.74, 6) is -0.908. The zero-order chi connectivity index (χ0) is 7.98. The number of aliphatic carboxylic acids is 1. The molecule has 3 N–H and O–H groups in total. The average Bonchev–Trinajstić information content (AvgIpc) is 1.88. The van der Waals surface area contributed by atoms with Gasteiger partial charge in [0.15, 0.2) is 0 Å². The molecule has 0 bridgehead atoms. The molecular formula is C6H10N2O2. The topological polar surface area (TPSA) is 73.2 Å². The molecule has 0 radical (unpaired) electrons. The van der Waals surface area contributed by atoms with Gasteiger partial charge in [0.25, 0.3) is 0 Å². The van der Waals surface area contributed by atoms with Crippen molar-refractivity contribution < 1.29 is 9.90 Å². The maximum atomic E-state index is 10.1. The fourth-order valence-corrected chi connectivity index (χ4v) is 0.319. The summed E-state index contributed by atoms with van der Waals surface area (Å²) in [6.07, 6.45) is 3.91. The highest BCUT2D eigenvalue weighted by Gasteiger charge is 2.05. The van der Waals surface area contributed by atoms with Crippen molar-refractivity contribution >= 4 is 12.2 Å². The lowest BCUT2D eigenvalue weighted by Gasteiger charge is -2.03. The van der Waals surface area contributed by atoms with Crippen LogP contribution in [0.4, 0.5) is 0 Å². The van der Waals surface area contributed by atoms with E-state index in [1.165, 1.54) is 19.2 Å². The zero-order valence-electron chi connectivity index (χ0n) is 5.66. The average molecular weight is 142 g/mol. The van der Waals surface area contributed by atoms with E-state index in [1.54, 1.807) is 0 Å². The second-order valence-electron chi connectivity index (χ2n) is 1.75. The lowest BCUT2D eigenvalue weighted by atomic mass is 10.3. The summed E-state index contributed by atoms with van der Waals surface area (Å²) >= 11 is 0. The Bertz CT molecular complexity index is 154. The van der Waals surface area contributed by atoms with Crippen LogP contribution in [0.15, 0.2) is 12.3 Å². The van der Waals surface area contributed by atoms with E-state index in [2.05, 4.69) is 5.32 Å². The second-order valence-corrected chi connectivity index (χ2v) is 1.75. The molecule has 0 aliphatic heterocycles. The van der Waals surface area contributed by atoms with E-state index in [4.69, 9.17) is 10.5 Å². The highest BCUT2D eigenvalue weighted by atomic mass is 16.4. The van der Waals surface area contributed by atoms with Crippen LogP contribution >= 0.6 is 0 Å². The van der Waals surface area contributed by atoms with E-state index in [0.29, 0.717) is 0 Å². The summed E-state index contributed by atoms with van der Waals surface area (Å²) in [6, 6.07) is -0.601. The molecule has 0 aliphatic carbocycles. The normalized spacial score (nSPS) is 12.9. The van der Waals surface area contributed by atoms with Crippen molar-refractivity contribution in [3.05, 3.63) is 12.3 Å². The number of hydrogen-bond acceptors (Lipinski definition) is 3. The molecule has 56 valence electrons. The summed E-state index contributed by atoms with van der Waals surface area (Å²) in [5, 5.41) is 17.4. The number of carboxylic acids is 1. The van der Waals surface area contributed by atoms with Gasteiger partial charge in [-0.05, 0) is 19.2 Å². The van der Waals surface area contributed by atoms with Crippen LogP contribution in [0.2, 0.25) is 0 Å². The third-order valence-electron chi connectivity index (χ3n) is 0.909. The molecule has 0 aromatic heterocycles. The van der Waals surface area contributed by atoms with Crippen LogP contribution < -0.4 is 5.32 Å². The van der Waals surface area contributed by atoms with Crippen molar-refractivity contribution in [1.29, 1.82) is 5.41 Å². The summed E-state index contributed by atoms with van der Waals surface area (Å²) in [7, 11) is 0. The molecule has 0 aromatic rings. The van der Waals surface area contributed by atoms with Crippen LogP contribution in [0, 0.1) is 5.41 Å². The Morgan fingerprint density at radius 2 is 2.40 bits per heavy atom. The Morgan fingerprint density at radius 1 is 1.80 bits per heavy atom. The molecule has 1 unspecified atom stereocenters. The van der Waals surface area contributed by atoms with Gasteiger partial charge < -0.3 is 15.8 Å². The van der Waals surface area contributed by atoms with Crippen molar-refractivity contribution in [2.45, 2.75) is 13.0 Å². The Labute approximate surface area is 59.1 Å². The van der Waals surface area contributed by atoms with Crippen LogP contribution in [0.1, 0.15) is 6.92 Å². The molecule has 10 heavy (non-hydrogen) atoms. The standard InChI is InChI=1S/C6H10N2O2/c1-5(6(9)10)8-4-2-3-7/h2-5,7-8H,1H3,(H,9,10)/b4-2-,7-3?. The Morgan fingerprint density at radius 3 is 2.80 bits per heavy atom. The van der Waals surface area contributed by atoms with Gasteiger partial charge in [-0.25, -0.2) is 0 Å². The molecule has 1 atom stereocenters. The van der Waals surface area contributed by atoms with Crippen molar-refractivity contribution in [3.63, 3.8) is 0 Å². The molecule has 0 rings (SSSR count). The van der Waals surface area contributed by atoms with E-state index in [1.807, 2.05) is 0 Å². The summed E-state index contributed by atoms with van der Waals surface area (Å²) < 4.78 is 0. The maximum Gasteiger partial charge on any atom is 0.325 e. The molecule has 4 nitrogen and oxygen atoms in total. The summed E-state index contributed by atoms with van der Waals surface area (Å²) in [6.45, 7) is 1.52. The molecule has 0 heterocycles. The van der Waals surface area contributed by atoms with Gasteiger partial charge in [0.1, 0.15) is 6.04 Å². The SMILES string of the molecule is CC(N/C=C\C=N)C(=O)O. The van der Waals surface area contributed by atoms with E-state index in [9.17, 15) is 4.79 Å². The molecule has 0 saturated carbocycles. The second kappa shape index (κ2) is 4.55. The van der Waals surface area contributed by atoms with Gasteiger partial charge >= 0.3 is 5.97 Å². The summed E-state index contributed by atoms with van der Waals surface area (Å²) in [5.41, 5.74) is 0. The first-order valence-electron chi connectivity index (χ1n) is 2.83. The third kappa shape index (κ3) is 3.65. The molecule has 4 heteroatoms. The van der Waals surface area contributed by atoms with Crippen LogP contribution in [-0.2, 0) is 4.79 Å². The fraction of sp³-hybridized carbons (Fsp3) is 0.333. The lowest BCUT2D eigenvalue weighted by Crippen LogP contribution is -2.29. The molecule has 0 fully saturated rings. The van der Waals surface area contributed by atoms with E-state index in [-0.39, 0.29) is 0 Å². The van der Waals surface area contributed by atoms with Gasteiger partial charge in [0.05, 0.1) is 0 Å². The van der Waals surface area contributed by atoms with E-state index >= 15 is 0 Å². The van der Waals surface area contributed by atoms with Gasteiger partial charge in [-0.1, -0.05) is 0 Å². The number of rotatable bonds is 4. The Hall–Kier alpha value is -1.32. The van der Waals surface area contributed by atoms with Crippen LogP contribution in [0.25, 0.3) is 0 Å². The first-order chi connectivity index (χ1) is 4.68. The van der Waals surface area contributed by atoms with Crippen molar-refractivity contribution in [3.8, 4) is 0 Å². The minimum absolute atomic E-state index is 0.601. The van der Waals surface area contributed by atoms with Crippen LogP contribution in [-0.4, -0.2) is 23.3 Å². The molecule has 0 spiro atoms. The Kier molecular flexibility index (Phi) is 3.95. The monoisotopic (exact) mass is 142 g/mol. The van der Waals surface area contributed by atoms with Crippen molar-refractivity contribution in [2.75, 3.05) is 0 Å². The maximum absolute atomic E-state index is 10.1. The molecule has 0 aliphatic rings. The molecular weight excluding hydrogens is 132 g/mol.